The molecule has 0 aliphatic carbocycles. The van der Waals surface area contributed by atoms with Crippen LogP contribution in [0.15, 0.2) is 90.5 Å². The molecule has 0 bridgehead atoms. The van der Waals surface area contributed by atoms with Crippen molar-refractivity contribution in [2.45, 2.75) is 0 Å². The summed E-state index contributed by atoms with van der Waals surface area (Å²) in [6.45, 7) is 0. The van der Waals surface area contributed by atoms with Crippen molar-refractivity contribution in [1.82, 2.24) is 0 Å². The largest absolute Gasteiger partial charge is 0.276 e. The van der Waals surface area contributed by atoms with Crippen LogP contribution in [-0.2, 0) is 4.79 Å². The van der Waals surface area contributed by atoms with E-state index in [9.17, 15) is 4.79 Å². The van der Waals surface area contributed by atoms with Gasteiger partial charge in [0.1, 0.15) is 0 Å². The van der Waals surface area contributed by atoms with Gasteiger partial charge >= 0.3 is 0 Å². The summed E-state index contributed by atoms with van der Waals surface area (Å²) in [6, 6.07) is 24.5. The summed E-state index contributed by atoms with van der Waals surface area (Å²) in [5, 5.41) is 1.30. The predicted molar refractivity (Wildman–Crippen MR) is 113 cm³/mol. The van der Waals surface area contributed by atoms with Gasteiger partial charge in [-0.05, 0) is 59.7 Å². The van der Waals surface area contributed by atoms with Crippen LogP contribution in [0.5, 0.6) is 0 Å². The third-order valence-electron chi connectivity index (χ3n) is 4.33. The lowest BCUT2D eigenvalue weighted by Crippen LogP contribution is -2.24. The monoisotopic (exact) mass is 391 g/mol. The summed E-state index contributed by atoms with van der Waals surface area (Å²) in [7, 11) is 0. The lowest BCUT2D eigenvalue weighted by Gasteiger charge is -2.21. The summed E-state index contributed by atoms with van der Waals surface area (Å²) >= 11 is 12.0. The van der Waals surface area contributed by atoms with Gasteiger partial charge in [0.05, 0.1) is 5.70 Å². The van der Waals surface area contributed by atoms with Gasteiger partial charge in [-0.25, -0.2) is 0 Å². The van der Waals surface area contributed by atoms with Crippen LogP contribution >= 0.6 is 23.2 Å². The summed E-state index contributed by atoms with van der Waals surface area (Å²) in [6.07, 6.45) is 3.79. The number of nitrogens with zero attached hydrogens (tertiary/aromatic N) is 1. The molecule has 1 amide bonds. The van der Waals surface area contributed by atoms with E-state index >= 15 is 0 Å². The molecular weight excluding hydrogens is 377 g/mol. The highest BCUT2D eigenvalue weighted by Crippen LogP contribution is 2.35. The summed E-state index contributed by atoms with van der Waals surface area (Å²) in [4.78, 5) is 14.9. The van der Waals surface area contributed by atoms with E-state index in [1.807, 2.05) is 78.9 Å². The van der Waals surface area contributed by atoms with Crippen molar-refractivity contribution in [3.8, 4) is 0 Å². The number of hydrogen-bond acceptors (Lipinski definition) is 1. The smallest absolute Gasteiger partial charge is 0.262 e. The molecule has 3 aromatic rings. The van der Waals surface area contributed by atoms with E-state index in [4.69, 9.17) is 23.2 Å². The molecule has 0 unspecified atom stereocenters. The van der Waals surface area contributed by atoms with Crippen LogP contribution in [0.4, 0.5) is 5.69 Å². The Kier molecular flexibility index (Phi) is 4.85. The number of rotatable bonds is 3. The number of benzene rings is 3. The molecule has 0 aromatic heterocycles. The van der Waals surface area contributed by atoms with Gasteiger partial charge in [-0.2, -0.15) is 0 Å². The van der Waals surface area contributed by atoms with Gasteiger partial charge in [0.15, 0.2) is 0 Å². The number of halogens is 2. The maximum absolute atomic E-state index is 13.2. The summed E-state index contributed by atoms with van der Waals surface area (Å²) < 4.78 is 0. The SMILES string of the molecule is O=C1/C(=C/c2ccc(Cl)cc2)C=C(c2ccccc2)N1c1ccc(Cl)cc1. The average molecular weight is 392 g/mol. The topological polar surface area (TPSA) is 20.3 Å². The Balaban J connectivity index is 1.80. The van der Waals surface area contributed by atoms with E-state index < -0.39 is 0 Å². The standard InChI is InChI=1S/C23H15Cl2NO/c24-19-8-6-16(7-9-19)14-18-15-22(17-4-2-1-3-5-17)26(23(18)27)21-12-10-20(25)11-13-21/h1-15H/b18-14+. The van der Waals surface area contributed by atoms with Gasteiger partial charge in [0.2, 0.25) is 0 Å². The molecule has 0 saturated carbocycles. The van der Waals surface area contributed by atoms with E-state index in [1.165, 1.54) is 0 Å². The molecule has 1 aliphatic rings. The van der Waals surface area contributed by atoms with E-state index in [-0.39, 0.29) is 5.91 Å². The minimum absolute atomic E-state index is 0.0777. The Morgan fingerprint density at radius 2 is 1.33 bits per heavy atom. The van der Waals surface area contributed by atoms with Gasteiger partial charge in [0.25, 0.3) is 5.91 Å². The van der Waals surface area contributed by atoms with Gasteiger partial charge < -0.3 is 0 Å². The normalized spacial score (nSPS) is 15.3. The second-order valence-corrected chi connectivity index (χ2v) is 7.04. The first kappa shape index (κ1) is 17.6. The minimum Gasteiger partial charge on any atom is -0.276 e. The molecule has 4 heteroatoms. The van der Waals surface area contributed by atoms with Crippen molar-refractivity contribution < 1.29 is 4.79 Å². The average Bonchev–Trinajstić information content (AvgIpc) is 3.01. The van der Waals surface area contributed by atoms with E-state index in [0.717, 1.165) is 22.5 Å². The van der Waals surface area contributed by atoms with Crippen molar-refractivity contribution in [3.63, 3.8) is 0 Å². The molecule has 0 N–H and O–H groups in total. The molecule has 0 saturated heterocycles. The fraction of sp³-hybridized carbons (Fsp3) is 0. The number of anilines is 1. The molecule has 27 heavy (non-hydrogen) atoms. The molecule has 4 rings (SSSR count). The summed E-state index contributed by atoms with van der Waals surface area (Å²) in [5.74, 6) is -0.0777. The number of hydrogen-bond donors (Lipinski definition) is 0. The molecule has 3 aromatic carbocycles. The molecule has 0 atom stereocenters. The Bertz CT molecular complexity index is 1040. The van der Waals surface area contributed by atoms with Crippen LogP contribution in [0, 0.1) is 0 Å². The van der Waals surface area contributed by atoms with E-state index in [1.54, 1.807) is 17.0 Å². The second-order valence-electron chi connectivity index (χ2n) is 6.16. The molecular formula is C23H15Cl2NO. The van der Waals surface area contributed by atoms with Gasteiger partial charge in [-0.15, -0.1) is 0 Å². The minimum atomic E-state index is -0.0777. The zero-order valence-electron chi connectivity index (χ0n) is 14.3. The molecule has 1 heterocycles. The predicted octanol–water partition coefficient (Wildman–Crippen LogP) is 6.46. The fourth-order valence-electron chi connectivity index (χ4n) is 3.02. The first-order valence-electron chi connectivity index (χ1n) is 8.46. The van der Waals surface area contributed by atoms with Crippen molar-refractivity contribution in [3.05, 3.63) is 112 Å². The second kappa shape index (κ2) is 7.43. The van der Waals surface area contributed by atoms with E-state index in [0.29, 0.717) is 15.6 Å². The van der Waals surface area contributed by atoms with Gasteiger partial charge in [0, 0.05) is 21.3 Å². The number of carbonyl (C=O) groups excluding carboxylic acids is 1. The third kappa shape index (κ3) is 3.68. The van der Waals surface area contributed by atoms with Crippen LogP contribution in [0.2, 0.25) is 10.0 Å². The molecule has 1 aliphatic heterocycles. The zero-order valence-corrected chi connectivity index (χ0v) is 15.8. The highest BCUT2D eigenvalue weighted by atomic mass is 35.5. The Morgan fingerprint density at radius 1 is 0.741 bits per heavy atom. The van der Waals surface area contributed by atoms with Gasteiger partial charge in [-0.3, -0.25) is 9.69 Å². The zero-order chi connectivity index (χ0) is 18.8. The maximum atomic E-state index is 13.2. The highest BCUT2D eigenvalue weighted by molar-refractivity contribution is 6.31. The third-order valence-corrected chi connectivity index (χ3v) is 4.83. The lowest BCUT2D eigenvalue weighted by molar-refractivity contribution is -0.113. The van der Waals surface area contributed by atoms with Crippen molar-refractivity contribution in [2.24, 2.45) is 0 Å². The number of carbonyl (C=O) groups is 1. The van der Waals surface area contributed by atoms with Crippen LogP contribution in [-0.4, -0.2) is 5.91 Å². The van der Waals surface area contributed by atoms with Crippen molar-refractivity contribution in [2.75, 3.05) is 4.90 Å². The first-order chi connectivity index (χ1) is 13.1. The molecule has 0 fully saturated rings. The molecule has 132 valence electrons. The van der Waals surface area contributed by atoms with Crippen molar-refractivity contribution in [1.29, 1.82) is 0 Å². The van der Waals surface area contributed by atoms with E-state index in [2.05, 4.69) is 0 Å². The van der Waals surface area contributed by atoms with Crippen LogP contribution in [0.1, 0.15) is 11.1 Å². The van der Waals surface area contributed by atoms with Gasteiger partial charge in [-0.1, -0.05) is 65.7 Å². The maximum Gasteiger partial charge on any atom is 0.262 e. The van der Waals surface area contributed by atoms with Crippen LogP contribution in [0.3, 0.4) is 0 Å². The fourth-order valence-corrected chi connectivity index (χ4v) is 3.27. The highest BCUT2D eigenvalue weighted by Gasteiger charge is 2.30. The quantitative estimate of drug-likeness (QED) is 0.468. The molecule has 0 spiro atoms. The van der Waals surface area contributed by atoms with Crippen LogP contribution in [0.25, 0.3) is 11.8 Å². The Morgan fingerprint density at radius 3 is 1.96 bits per heavy atom. The van der Waals surface area contributed by atoms with Crippen LogP contribution < -0.4 is 4.90 Å². The lowest BCUT2D eigenvalue weighted by atomic mass is 10.1. The molecule has 2 nitrogen and oxygen atoms in total. The Hall–Kier alpha value is -2.81. The van der Waals surface area contributed by atoms with Crippen molar-refractivity contribution >= 4 is 46.6 Å². The summed E-state index contributed by atoms with van der Waals surface area (Å²) in [5.41, 5.74) is 4.12. The Labute approximate surface area is 168 Å². The molecule has 0 radical (unpaired) electrons. The first-order valence-corrected chi connectivity index (χ1v) is 9.22. The number of amides is 1.